The summed E-state index contributed by atoms with van der Waals surface area (Å²) in [5.41, 5.74) is 0.206. The predicted octanol–water partition coefficient (Wildman–Crippen LogP) is 2.29. The molecule has 1 aromatic heterocycles. The lowest BCUT2D eigenvalue weighted by molar-refractivity contribution is -0.138. The normalized spacial score (nSPS) is 12.5. The van der Waals surface area contributed by atoms with Crippen molar-refractivity contribution in [3.05, 3.63) is 30.1 Å². The number of carbonyl (C=O) groups excluding carboxylic acids is 1. The first-order chi connectivity index (χ1) is 9.78. The Bertz CT molecular complexity index is 474. The van der Waals surface area contributed by atoms with Crippen LogP contribution in [0.1, 0.15) is 26.5 Å². The largest absolute Gasteiger partial charge is 0.480 e. The Labute approximate surface area is 128 Å². The fraction of sp³-hybridized carbons (Fsp3) is 0.500. The topological polar surface area (TPSA) is 88.5 Å². The summed E-state index contributed by atoms with van der Waals surface area (Å²) in [4.78, 5) is 26.9. The van der Waals surface area contributed by atoms with E-state index in [0.717, 1.165) is 5.69 Å². The Morgan fingerprint density at radius 2 is 2.14 bits per heavy atom. The van der Waals surface area contributed by atoms with Gasteiger partial charge in [-0.1, -0.05) is 6.07 Å². The van der Waals surface area contributed by atoms with Gasteiger partial charge in [0.25, 0.3) is 0 Å². The Morgan fingerprint density at radius 3 is 2.67 bits per heavy atom. The average molecular weight is 312 g/mol. The molecule has 0 fully saturated rings. The minimum Gasteiger partial charge on any atom is -0.480 e. The summed E-state index contributed by atoms with van der Waals surface area (Å²) >= 11 is 1.39. The van der Waals surface area contributed by atoms with E-state index in [4.69, 9.17) is 9.84 Å². The quantitative estimate of drug-likeness (QED) is 0.838. The monoisotopic (exact) mass is 312 g/mol. The fourth-order valence-corrected chi connectivity index (χ4v) is 2.35. The molecule has 0 aliphatic carbocycles. The first-order valence-corrected chi connectivity index (χ1v) is 7.63. The van der Waals surface area contributed by atoms with Gasteiger partial charge in [0.05, 0.1) is 5.69 Å². The molecule has 1 atom stereocenters. The van der Waals surface area contributed by atoms with Crippen molar-refractivity contribution in [2.75, 3.05) is 5.75 Å². The second-order valence-corrected chi connectivity index (χ2v) is 6.40. The molecule has 0 aliphatic heterocycles. The number of nitrogens with one attached hydrogen (secondary N) is 1. The molecule has 1 amide bonds. The zero-order chi connectivity index (χ0) is 15.9. The van der Waals surface area contributed by atoms with E-state index >= 15 is 0 Å². The summed E-state index contributed by atoms with van der Waals surface area (Å²) in [5.74, 6) is -0.263. The van der Waals surface area contributed by atoms with E-state index in [1.165, 1.54) is 11.8 Å². The fourth-order valence-electron chi connectivity index (χ4n) is 1.39. The zero-order valence-corrected chi connectivity index (χ0v) is 13.1. The minimum absolute atomic E-state index is 0.241. The highest BCUT2D eigenvalue weighted by molar-refractivity contribution is 7.98. The Kier molecular flexibility index (Phi) is 6.48. The van der Waals surface area contributed by atoms with Crippen LogP contribution < -0.4 is 5.32 Å². The molecule has 2 N–H and O–H groups in total. The van der Waals surface area contributed by atoms with Gasteiger partial charge in [-0.25, -0.2) is 9.59 Å². The van der Waals surface area contributed by atoms with Gasteiger partial charge in [0.1, 0.15) is 11.6 Å². The lowest BCUT2D eigenvalue weighted by atomic mass is 10.2. The van der Waals surface area contributed by atoms with Crippen molar-refractivity contribution in [3.63, 3.8) is 0 Å². The maximum Gasteiger partial charge on any atom is 0.408 e. The summed E-state index contributed by atoms with van der Waals surface area (Å²) in [7, 11) is 0. The summed E-state index contributed by atoms with van der Waals surface area (Å²) < 4.78 is 5.05. The third-order valence-corrected chi connectivity index (χ3v) is 3.32. The molecule has 6 nitrogen and oxygen atoms in total. The highest BCUT2D eigenvalue weighted by Gasteiger charge is 2.23. The van der Waals surface area contributed by atoms with Gasteiger partial charge in [0, 0.05) is 17.7 Å². The molecule has 7 heteroatoms. The summed E-state index contributed by atoms with van der Waals surface area (Å²) in [6.45, 7) is 5.16. The average Bonchev–Trinajstić information content (AvgIpc) is 2.36. The molecule has 1 aromatic rings. The molecule has 0 aromatic carbocycles. The highest BCUT2D eigenvalue weighted by atomic mass is 32.2. The SMILES string of the molecule is CC(C)(C)OC(=O)N[C@@H](CSCc1ccccn1)C(=O)O. The molecule has 1 heterocycles. The van der Waals surface area contributed by atoms with Gasteiger partial charge in [0.15, 0.2) is 0 Å². The number of aliphatic carboxylic acids is 1. The maximum atomic E-state index is 11.6. The van der Waals surface area contributed by atoms with Crippen LogP contribution in [0.25, 0.3) is 0 Å². The number of pyridine rings is 1. The van der Waals surface area contributed by atoms with Crippen LogP contribution >= 0.6 is 11.8 Å². The lowest BCUT2D eigenvalue weighted by Crippen LogP contribution is -2.44. The lowest BCUT2D eigenvalue weighted by Gasteiger charge is -2.21. The maximum absolute atomic E-state index is 11.6. The van der Waals surface area contributed by atoms with Crippen molar-refractivity contribution >= 4 is 23.8 Å². The number of aromatic nitrogens is 1. The third-order valence-electron chi connectivity index (χ3n) is 2.25. The summed E-state index contributed by atoms with van der Waals surface area (Å²) in [6, 6.07) is 4.56. The molecule has 0 saturated heterocycles. The van der Waals surface area contributed by atoms with E-state index in [2.05, 4.69) is 10.3 Å². The number of carbonyl (C=O) groups is 2. The van der Waals surface area contributed by atoms with E-state index < -0.39 is 23.7 Å². The second kappa shape index (κ2) is 7.87. The van der Waals surface area contributed by atoms with E-state index in [-0.39, 0.29) is 5.75 Å². The van der Waals surface area contributed by atoms with Gasteiger partial charge in [-0.15, -0.1) is 0 Å². The van der Waals surface area contributed by atoms with E-state index in [0.29, 0.717) is 5.75 Å². The predicted molar refractivity (Wildman–Crippen MR) is 81.2 cm³/mol. The summed E-state index contributed by atoms with van der Waals surface area (Å²) in [6.07, 6.45) is 0.956. The van der Waals surface area contributed by atoms with E-state index in [9.17, 15) is 9.59 Å². The van der Waals surface area contributed by atoms with Gasteiger partial charge >= 0.3 is 12.1 Å². The van der Waals surface area contributed by atoms with Crippen molar-refractivity contribution in [2.45, 2.75) is 38.2 Å². The minimum atomic E-state index is -1.09. The first-order valence-electron chi connectivity index (χ1n) is 6.48. The Hall–Kier alpha value is -1.76. The van der Waals surface area contributed by atoms with Gasteiger partial charge in [-0.05, 0) is 32.9 Å². The third kappa shape index (κ3) is 7.55. The van der Waals surface area contributed by atoms with E-state index in [1.807, 2.05) is 18.2 Å². The smallest absolute Gasteiger partial charge is 0.408 e. The number of carboxylic acids is 1. The number of hydrogen-bond acceptors (Lipinski definition) is 5. The Balaban J connectivity index is 2.43. The van der Waals surface area contributed by atoms with Crippen LogP contribution in [0.15, 0.2) is 24.4 Å². The molecular weight excluding hydrogens is 292 g/mol. The summed E-state index contributed by atoms with van der Waals surface area (Å²) in [5, 5.41) is 11.5. The standard InChI is InChI=1S/C14H20N2O4S/c1-14(2,3)20-13(19)16-11(12(17)18)9-21-8-10-6-4-5-7-15-10/h4-7,11H,8-9H2,1-3H3,(H,16,19)(H,17,18)/t11-/m0/s1. The molecule has 21 heavy (non-hydrogen) atoms. The van der Waals surface area contributed by atoms with Crippen molar-refractivity contribution in [2.24, 2.45) is 0 Å². The molecule has 0 aliphatic rings. The van der Waals surface area contributed by atoms with Gasteiger partial charge < -0.3 is 15.2 Å². The van der Waals surface area contributed by atoms with Gasteiger partial charge in [-0.3, -0.25) is 4.98 Å². The van der Waals surface area contributed by atoms with Crippen molar-refractivity contribution in [1.82, 2.24) is 10.3 Å². The van der Waals surface area contributed by atoms with Gasteiger partial charge in [0.2, 0.25) is 0 Å². The number of alkyl carbamates (subject to hydrolysis) is 1. The van der Waals surface area contributed by atoms with Crippen molar-refractivity contribution in [3.8, 4) is 0 Å². The van der Waals surface area contributed by atoms with Crippen LogP contribution in [0.4, 0.5) is 4.79 Å². The molecule has 0 radical (unpaired) electrons. The zero-order valence-electron chi connectivity index (χ0n) is 12.3. The number of amides is 1. The second-order valence-electron chi connectivity index (χ2n) is 5.37. The van der Waals surface area contributed by atoms with Gasteiger partial charge in [-0.2, -0.15) is 11.8 Å². The highest BCUT2D eigenvalue weighted by Crippen LogP contribution is 2.12. The number of nitrogens with zero attached hydrogens (tertiary/aromatic N) is 1. The number of rotatable bonds is 6. The van der Waals surface area contributed by atoms with Crippen molar-refractivity contribution in [1.29, 1.82) is 0 Å². The number of carboxylic acid groups (broad SMARTS) is 1. The van der Waals surface area contributed by atoms with E-state index in [1.54, 1.807) is 27.0 Å². The van der Waals surface area contributed by atoms with Crippen LogP contribution in [0.2, 0.25) is 0 Å². The van der Waals surface area contributed by atoms with Crippen LogP contribution in [0.3, 0.4) is 0 Å². The molecule has 1 rings (SSSR count). The molecule has 0 saturated carbocycles. The molecule has 0 spiro atoms. The number of hydrogen-bond donors (Lipinski definition) is 2. The molecule has 0 bridgehead atoms. The van der Waals surface area contributed by atoms with Crippen LogP contribution in [-0.4, -0.2) is 39.5 Å². The number of ether oxygens (including phenoxy) is 1. The molecule has 0 unspecified atom stereocenters. The Morgan fingerprint density at radius 1 is 1.43 bits per heavy atom. The van der Waals surface area contributed by atoms with Crippen LogP contribution in [-0.2, 0) is 15.3 Å². The van der Waals surface area contributed by atoms with Crippen molar-refractivity contribution < 1.29 is 19.4 Å². The first kappa shape index (κ1) is 17.3. The number of thioether (sulfide) groups is 1. The molecular formula is C14H20N2O4S. The van der Waals surface area contributed by atoms with Crippen LogP contribution in [0.5, 0.6) is 0 Å². The molecule has 116 valence electrons. The van der Waals surface area contributed by atoms with Crippen LogP contribution in [0, 0.1) is 0 Å².